The number of hydrogen-bond donors (Lipinski definition) is 0. The molecule has 1 amide bonds. The molecule has 10 heteroatoms. The number of ether oxygens (including phenoxy) is 2. The molecule has 1 heterocycles. The molecule has 3 aromatic carbocycles. The fourth-order valence-electron chi connectivity index (χ4n) is 4.78. The van der Waals surface area contributed by atoms with Gasteiger partial charge in [0.1, 0.15) is 17.2 Å². The molecular weight excluding hydrogens is 542 g/mol. The Kier molecular flexibility index (Phi) is 8.94. The summed E-state index contributed by atoms with van der Waals surface area (Å²) in [5.74, 6) is 1.13. The second-order valence-electron chi connectivity index (χ2n) is 8.58. The normalized spacial score (nSPS) is 16.7. The van der Waals surface area contributed by atoms with E-state index in [1.54, 1.807) is 30.0 Å². The molecule has 7 nitrogen and oxygen atoms in total. The molecule has 0 bridgehead atoms. The Morgan fingerprint density at radius 1 is 0.921 bits per heavy atom. The van der Waals surface area contributed by atoms with Crippen LogP contribution in [0.1, 0.15) is 27.7 Å². The summed E-state index contributed by atoms with van der Waals surface area (Å²) in [5.41, 5.74) is 2.19. The van der Waals surface area contributed by atoms with Crippen molar-refractivity contribution in [2.75, 3.05) is 42.9 Å². The number of rotatable bonds is 9. The van der Waals surface area contributed by atoms with E-state index in [4.69, 9.17) is 37.4 Å². The molecule has 0 saturated heterocycles. The second-order valence-corrected chi connectivity index (χ2v) is 12.2. The third-order valence-corrected chi connectivity index (χ3v) is 11.2. The molecule has 38 heavy (non-hydrogen) atoms. The lowest BCUT2D eigenvalue weighted by molar-refractivity contribution is 0.210. The fourth-order valence-corrected chi connectivity index (χ4v) is 8.82. The van der Waals surface area contributed by atoms with E-state index in [0.717, 1.165) is 24.1 Å². The van der Waals surface area contributed by atoms with Crippen LogP contribution in [-0.4, -0.2) is 44.1 Å². The third kappa shape index (κ3) is 5.01. The molecule has 3 aromatic rings. The summed E-state index contributed by atoms with van der Waals surface area (Å²) in [6.07, 6.45) is -0.522. The Labute approximate surface area is 235 Å². The van der Waals surface area contributed by atoms with Crippen LogP contribution in [0.4, 0.5) is 21.9 Å². The predicted octanol–water partition coefficient (Wildman–Crippen LogP) is 8.20. The van der Waals surface area contributed by atoms with Gasteiger partial charge in [0.2, 0.25) is 0 Å². The highest BCUT2D eigenvalue weighted by atomic mass is 35.5. The zero-order valence-corrected chi connectivity index (χ0v) is 24.7. The van der Waals surface area contributed by atoms with Crippen molar-refractivity contribution in [2.24, 2.45) is 4.74 Å². The number of fused-ring (bicyclic) bond motifs is 1. The van der Waals surface area contributed by atoms with Crippen LogP contribution in [0.2, 0.25) is 10.0 Å². The van der Waals surface area contributed by atoms with Crippen LogP contribution in [0, 0.1) is 0 Å². The topological polar surface area (TPSA) is 57.6 Å². The van der Waals surface area contributed by atoms with E-state index >= 15 is 0 Å². The van der Waals surface area contributed by atoms with Crippen LogP contribution >= 0.6 is 30.6 Å². The number of carbonyl (C=O) groups is 1. The van der Waals surface area contributed by atoms with Gasteiger partial charge in [-0.1, -0.05) is 49.2 Å². The van der Waals surface area contributed by atoms with E-state index in [2.05, 4.69) is 43.3 Å². The molecule has 0 saturated carbocycles. The van der Waals surface area contributed by atoms with Gasteiger partial charge in [-0.15, -0.1) is 0 Å². The molecule has 0 aliphatic carbocycles. The third-order valence-electron chi connectivity index (χ3n) is 6.65. The number of amides is 1. The first-order valence-corrected chi connectivity index (χ1v) is 15.1. The summed E-state index contributed by atoms with van der Waals surface area (Å²) >= 11 is 12.7. The van der Waals surface area contributed by atoms with Gasteiger partial charge >= 0.3 is 6.09 Å². The zero-order valence-electron chi connectivity index (χ0n) is 22.3. The van der Waals surface area contributed by atoms with E-state index in [9.17, 15) is 4.79 Å². The number of nitrogens with zero attached hydrogens (tertiary/aromatic N) is 4. The van der Waals surface area contributed by atoms with Crippen molar-refractivity contribution in [2.45, 2.75) is 27.7 Å². The van der Waals surface area contributed by atoms with Crippen molar-refractivity contribution >= 4 is 59.0 Å². The van der Waals surface area contributed by atoms with Gasteiger partial charge in [0.05, 0.1) is 28.1 Å². The maximum Gasteiger partial charge on any atom is 0.425 e. The number of hydrogen-bond acceptors (Lipinski definition) is 5. The van der Waals surface area contributed by atoms with Gasteiger partial charge in [-0.05, 0) is 56.3 Å². The van der Waals surface area contributed by atoms with E-state index < -0.39 is 13.4 Å². The highest BCUT2D eigenvalue weighted by Gasteiger charge is 2.47. The van der Waals surface area contributed by atoms with Crippen LogP contribution in [0.3, 0.4) is 0 Å². The number of benzene rings is 3. The first kappa shape index (κ1) is 28.3. The van der Waals surface area contributed by atoms with Gasteiger partial charge in [0.15, 0.2) is 7.36 Å². The first-order chi connectivity index (χ1) is 18.3. The monoisotopic (exact) mass is 574 g/mol. The molecule has 0 fully saturated rings. The average molecular weight is 575 g/mol. The highest BCUT2D eigenvalue weighted by Crippen LogP contribution is 2.63. The Hall–Kier alpha value is -2.70. The average Bonchev–Trinajstić information content (AvgIpc) is 2.92. The van der Waals surface area contributed by atoms with Gasteiger partial charge in [-0.25, -0.2) is 18.9 Å². The minimum atomic E-state index is -3.03. The van der Waals surface area contributed by atoms with Gasteiger partial charge in [-0.2, -0.15) is 0 Å². The fraction of sp³-hybridized carbons (Fsp3) is 0.321. The van der Waals surface area contributed by atoms with Crippen LogP contribution in [0.25, 0.3) is 0 Å². The van der Waals surface area contributed by atoms with Gasteiger partial charge in [-0.3, -0.25) is 0 Å². The summed E-state index contributed by atoms with van der Waals surface area (Å²) in [5, 5.41) is 1.58. The smallest absolute Gasteiger partial charge is 0.425 e. The maximum atomic E-state index is 14.0. The van der Waals surface area contributed by atoms with Crippen molar-refractivity contribution in [3.8, 4) is 11.5 Å². The summed E-state index contributed by atoms with van der Waals surface area (Å²) in [7, 11) is -1.41. The molecule has 0 unspecified atom stereocenters. The number of para-hydroxylation sites is 1. The number of carbonyl (C=O) groups excluding carboxylic acids is 1. The van der Waals surface area contributed by atoms with E-state index in [-0.39, 0.29) is 0 Å². The lowest BCUT2D eigenvalue weighted by Crippen LogP contribution is -2.46. The molecule has 1 atom stereocenters. The Morgan fingerprint density at radius 2 is 1.63 bits per heavy atom. The van der Waals surface area contributed by atoms with Gasteiger partial charge < -0.3 is 14.4 Å². The molecule has 0 aromatic heterocycles. The van der Waals surface area contributed by atoms with Crippen LogP contribution in [0.5, 0.6) is 11.5 Å². The van der Waals surface area contributed by atoms with E-state index in [1.165, 1.54) is 0 Å². The van der Waals surface area contributed by atoms with Crippen LogP contribution in [-0.2, 0) is 0 Å². The first-order valence-electron chi connectivity index (χ1n) is 12.7. The number of halogens is 2. The van der Waals surface area contributed by atoms with Crippen LogP contribution in [0.15, 0.2) is 65.4 Å². The molecule has 0 radical (unpaired) electrons. The minimum Gasteiger partial charge on any atom is -0.494 e. The van der Waals surface area contributed by atoms with Crippen molar-refractivity contribution < 1.29 is 14.3 Å². The summed E-state index contributed by atoms with van der Waals surface area (Å²) in [4.78, 5) is 16.2. The van der Waals surface area contributed by atoms with Crippen molar-refractivity contribution in [1.29, 1.82) is 0 Å². The standard InChI is InChI=1S/C28H33Cl2N4O3P/c1-6-32(7-2)20-15-17-27-26(19-20)37-28(35)34(21-14-16-22(29)23(30)18-21)38(27,33(8-3)9-4)31-24-12-10-11-13-25(24)36-5/h10-19H,6-9H2,1-5H3/t38-/m1/s1. The SMILES string of the molecule is CCN(CC)c1ccc2c(c1)OC(=O)N(c1ccc(Cl)c(Cl)c1)[P@]2(=Nc1ccccc1OC)N(CC)CC. The predicted molar refractivity (Wildman–Crippen MR) is 160 cm³/mol. The molecule has 1 aliphatic rings. The molecule has 202 valence electrons. The van der Waals surface area contributed by atoms with Crippen molar-refractivity contribution in [3.05, 3.63) is 70.7 Å². The largest absolute Gasteiger partial charge is 0.494 e. The molecule has 0 N–H and O–H groups in total. The lowest BCUT2D eigenvalue weighted by atomic mass is 10.2. The second kappa shape index (κ2) is 12.0. The molecule has 4 rings (SSSR count). The zero-order chi connectivity index (χ0) is 27.4. The quantitative estimate of drug-likeness (QED) is 0.241. The Bertz CT molecular complexity index is 1380. The van der Waals surface area contributed by atoms with Crippen molar-refractivity contribution in [1.82, 2.24) is 4.67 Å². The lowest BCUT2D eigenvalue weighted by Gasteiger charge is -2.46. The molecule has 0 spiro atoms. The summed E-state index contributed by atoms with van der Waals surface area (Å²) in [6, 6.07) is 18.8. The Balaban J connectivity index is 2.14. The molecule has 1 aliphatic heterocycles. The van der Waals surface area contributed by atoms with Crippen molar-refractivity contribution in [3.63, 3.8) is 0 Å². The van der Waals surface area contributed by atoms with Gasteiger partial charge in [0, 0.05) is 37.9 Å². The van der Waals surface area contributed by atoms with E-state index in [0.29, 0.717) is 46.0 Å². The van der Waals surface area contributed by atoms with Gasteiger partial charge in [0.25, 0.3) is 0 Å². The Morgan fingerprint density at radius 3 is 2.26 bits per heavy atom. The molecular formula is C28H33Cl2N4O3P. The maximum absolute atomic E-state index is 14.0. The van der Waals surface area contributed by atoms with Crippen LogP contribution < -0.4 is 24.3 Å². The number of methoxy groups -OCH3 is 1. The highest BCUT2D eigenvalue weighted by molar-refractivity contribution is 7.74. The minimum absolute atomic E-state index is 0.342. The summed E-state index contributed by atoms with van der Waals surface area (Å²) in [6.45, 7) is 11.3. The summed E-state index contributed by atoms with van der Waals surface area (Å²) < 4.78 is 21.0. The number of anilines is 2. The van der Waals surface area contributed by atoms with E-state index in [1.807, 2.05) is 36.4 Å².